The Morgan fingerprint density at radius 3 is 2.53 bits per heavy atom. The maximum atomic E-state index is 12.3. The number of benzene rings is 2. The number of ether oxygens (including phenoxy) is 3. The highest BCUT2D eigenvalue weighted by Gasteiger charge is 2.09. The molecule has 0 bridgehead atoms. The highest BCUT2D eigenvalue weighted by Crippen LogP contribution is 2.29. The van der Waals surface area contributed by atoms with Crippen molar-refractivity contribution in [3.8, 4) is 11.5 Å². The fraction of sp³-hybridized carbons (Fsp3) is 0.385. The quantitative estimate of drug-likeness (QED) is 0.240. The van der Waals surface area contributed by atoms with Crippen LogP contribution in [0.1, 0.15) is 61.9 Å². The summed E-state index contributed by atoms with van der Waals surface area (Å²) in [5.41, 5.74) is 1.73. The molecule has 0 aliphatic carbocycles. The van der Waals surface area contributed by atoms with Crippen molar-refractivity contribution in [3.63, 3.8) is 0 Å². The van der Waals surface area contributed by atoms with Crippen LogP contribution in [0.25, 0.3) is 6.08 Å². The van der Waals surface area contributed by atoms with Gasteiger partial charge in [-0.15, -0.1) is 0 Å². The smallest absolute Gasteiger partial charge is 0.338 e. The average Bonchev–Trinajstić information content (AvgIpc) is 2.81. The van der Waals surface area contributed by atoms with Crippen molar-refractivity contribution in [1.29, 1.82) is 0 Å². The van der Waals surface area contributed by atoms with Crippen LogP contribution in [-0.2, 0) is 9.53 Å². The van der Waals surface area contributed by atoms with Crippen LogP contribution in [0.3, 0.4) is 0 Å². The van der Waals surface area contributed by atoms with E-state index in [4.69, 9.17) is 14.2 Å². The predicted octanol–water partition coefficient (Wildman–Crippen LogP) is 5.87. The van der Waals surface area contributed by atoms with Crippen molar-refractivity contribution in [2.45, 2.75) is 46.0 Å². The van der Waals surface area contributed by atoms with Crippen LogP contribution in [0.4, 0.5) is 5.69 Å². The molecule has 2 aromatic rings. The van der Waals surface area contributed by atoms with Gasteiger partial charge in [0.1, 0.15) is 0 Å². The van der Waals surface area contributed by atoms with Crippen molar-refractivity contribution >= 4 is 23.6 Å². The molecule has 6 heteroatoms. The van der Waals surface area contributed by atoms with E-state index in [-0.39, 0.29) is 5.91 Å². The lowest BCUT2D eigenvalue weighted by atomic mass is 10.1. The van der Waals surface area contributed by atoms with E-state index in [0.29, 0.717) is 36.0 Å². The van der Waals surface area contributed by atoms with Crippen LogP contribution in [-0.4, -0.2) is 32.2 Å². The Bertz CT molecular complexity index is 907. The van der Waals surface area contributed by atoms with E-state index in [9.17, 15) is 9.59 Å². The van der Waals surface area contributed by atoms with Gasteiger partial charge in [0.2, 0.25) is 5.91 Å². The molecule has 32 heavy (non-hydrogen) atoms. The Kier molecular flexibility index (Phi) is 10.9. The first-order chi connectivity index (χ1) is 15.6. The monoisotopic (exact) mass is 439 g/mol. The third-order valence-corrected chi connectivity index (χ3v) is 4.67. The van der Waals surface area contributed by atoms with E-state index in [1.54, 1.807) is 37.5 Å². The van der Waals surface area contributed by atoms with Crippen LogP contribution in [0, 0.1) is 0 Å². The molecule has 0 unspecified atom stereocenters. The Morgan fingerprint density at radius 2 is 1.78 bits per heavy atom. The lowest BCUT2D eigenvalue weighted by Crippen LogP contribution is -2.10. The van der Waals surface area contributed by atoms with Crippen LogP contribution < -0.4 is 14.8 Å². The number of hydrogen-bond acceptors (Lipinski definition) is 5. The minimum Gasteiger partial charge on any atom is -0.493 e. The lowest BCUT2D eigenvalue weighted by Gasteiger charge is -2.11. The molecule has 2 aromatic carbocycles. The van der Waals surface area contributed by atoms with Crippen LogP contribution in [0.15, 0.2) is 48.5 Å². The first-order valence-corrected chi connectivity index (χ1v) is 11.1. The molecule has 0 radical (unpaired) electrons. The number of methoxy groups -OCH3 is 1. The summed E-state index contributed by atoms with van der Waals surface area (Å²) in [4.78, 5) is 24.3. The molecule has 0 aliphatic rings. The van der Waals surface area contributed by atoms with Crippen molar-refractivity contribution in [3.05, 3.63) is 59.7 Å². The lowest BCUT2D eigenvalue weighted by molar-refractivity contribution is -0.111. The van der Waals surface area contributed by atoms with Crippen molar-refractivity contribution in [2.75, 3.05) is 25.6 Å². The van der Waals surface area contributed by atoms with Gasteiger partial charge in [-0.3, -0.25) is 4.79 Å². The third-order valence-electron chi connectivity index (χ3n) is 4.67. The summed E-state index contributed by atoms with van der Waals surface area (Å²) in [5, 5.41) is 2.76. The average molecular weight is 440 g/mol. The maximum Gasteiger partial charge on any atom is 0.338 e. The summed E-state index contributed by atoms with van der Waals surface area (Å²) < 4.78 is 16.4. The number of nitrogens with one attached hydrogen (secondary N) is 1. The molecular weight excluding hydrogens is 406 g/mol. The van der Waals surface area contributed by atoms with Crippen molar-refractivity contribution in [2.24, 2.45) is 0 Å². The summed E-state index contributed by atoms with van der Waals surface area (Å²) in [5.74, 6) is 0.608. The molecule has 0 atom stereocenters. The summed E-state index contributed by atoms with van der Waals surface area (Å²) in [7, 11) is 1.60. The van der Waals surface area contributed by atoms with Gasteiger partial charge in [0.25, 0.3) is 0 Å². The first-order valence-electron chi connectivity index (χ1n) is 11.1. The fourth-order valence-electron chi connectivity index (χ4n) is 2.98. The number of carbonyl (C=O) groups is 2. The van der Waals surface area contributed by atoms with Gasteiger partial charge in [0, 0.05) is 11.8 Å². The molecule has 1 N–H and O–H groups in total. The molecule has 0 saturated heterocycles. The SMILES string of the molecule is CCCCCCOc1ccc(/C=C/C(=O)Nc2cccc(C(=O)OCCC)c2)cc1OC. The minimum absolute atomic E-state index is 0.306. The number of hydrogen-bond donors (Lipinski definition) is 1. The van der Waals surface area contributed by atoms with Crippen LogP contribution >= 0.6 is 0 Å². The largest absolute Gasteiger partial charge is 0.493 e. The topological polar surface area (TPSA) is 73.9 Å². The van der Waals surface area contributed by atoms with Crippen molar-refractivity contribution in [1.82, 2.24) is 0 Å². The standard InChI is InChI=1S/C26H33NO5/c1-4-6-7-8-17-31-23-14-12-20(18-24(23)30-3)13-15-25(28)27-22-11-9-10-21(19-22)26(29)32-16-5-2/h9-15,18-19H,4-8,16-17H2,1-3H3,(H,27,28)/b15-13+. The molecular formula is C26H33NO5. The number of rotatable bonds is 13. The first kappa shape index (κ1) is 25.0. The number of esters is 1. The molecule has 0 heterocycles. The maximum absolute atomic E-state index is 12.3. The molecule has 2 rings (SSSR count). The molecule has 0 saturated carbocycles. The van der Waals surface area contributed by atoms with Gasteiger partial charge >= 0.3 is 5.97 Å². The minimum atomic E-state index is -0.404. The molecule has 172 valence electrons. The number of anilines is 1. The second-order valence-electron chi connectivity index (χ2n) is 7.36. The zero-order valence-corrected chi connectivity index (χ0v) is 19.2. The highest BCUT2D eigenvalue weighted by molar-refractivity contribution is 6.02. The molecule has 0 spiro atoms. The number of amides is 1. The van der Waals surface area contributed by atoms with E-state index in [1.807, 2.05) is 25.1 Å². The second kappa shape index (κ2) is 13.9. The Morgan fingerprint density at radius 1 is 0.938 bits per heavy atom. The zero-order chi connectivity index (χ0) is 23.2. The Labute approximate surface area is 190 Å². The van der Waals surface area contributed by atoms with E-state index in [0.717, 1.165) is 24.8 Å². The van der Waals surface area contributed by atoms with Gasteiger partial charge in [0.05, 0.1) is 25.9 Å². The van der Waals surface area contributed by atoms with E-state index >= 15 is 0 Å². The van der Waals surface area contributed by atoms with Gasteiger partial charge in [-0.2, -0.15) is 0 Å². The summed E-state index contributed by atoms with van der Waals surface area (Å²) >= 11 is 0. The van der Waals surface area contributed by atoms with Gasteiger partial charge in [-0.05, 0) is 54.8 Å². The fourth-order valence-corrected chi connectivity index (χ4v) is 2.98. The molecule has 6 nitrogen and oxygen atoms in total. The molecule has 0 aromatic heterocycles. The van der Waals surface area contributed by atoms with Gasteiger partial charge in [-0.25, -0.2) is 4.79 Å². The molecule has 1 amide bonds. The summed E-state index contributed by atoms with van der Waals surface area (Å²) in [6.07, 6.45) is 8.44. The normalized spacial score (nSPS) is 10.7. The van der Waals surface area contributed by atoms with E-state index in [1.165, 1.54) is 18.9 Å². The van der Waals surface area contributed by atoms with Crippen LogP contribution in [0.2, 0.25) is 0 Å². The Hall–Kier alpha value is -3.28. The Balaban J connectivity index is 1.95. The number of carbonyl (C=O) groups excluding carboxylic acids is 2. The van der Waals surface area contributed by atoms with Crippen LogP contribution in [0.5, 0.6) is 11.5 Å². The van der Waals surface area contributed by atoms with Crippen molar-refractivity contribution < 1.29 is 23.8 Å². The zero-order valence-electron chi connectivity index (χ0n) is 19.2. The molecule has 0 fully saturated rings. The molecule has 0 aliphatic heterocycles. The second-order valence-corrected chi connectivity index (χ2v) is 7.36. The van der Waals surface area contributed by atoms with Gasteiger partial charge in [0.15, 0.2) is 11.5 Å². The number of unbranched alkanes of at least 4 members (excludes halogenated alkanes) is 3. The summed E-state index contributed by atoms with van der Waals surface area (Å²) in [6.45, 7) is 5.13. The van der Waals surface area contributed by atoms with Gasteiger partial charge < -0.3 is 19.5 Å². The third kappa shape index (κ3) is 8.46. The summed E-state index contributed by atoms with van der Waals surface area (Å²) in [6, 6.07) is 12.2. The predicted molar refractivity (Wildman–Crippen MR) is 127 cm³/mol. The highest BCUT2D eigenvalue weighted by atomic mass is 16.5. The van der Waals surface area contributed by atoms with E-state index < -0.39 is 5.97 Å². The van der Waals surface area contributed by atoms with Gasteiger partial charge in [-0.1, -0.05) is 45.2 Å². The van der Waals surface area contributed by atoms with E-state index in [2.05, 4.69) is 12.2 Å².